The number of hydrogen-bond acceptors (Lipinski definition) is 0. The van der Waals surface area contributed by atoms with Crippen molar-refractivity contribution < 1.29 is 0 Å². The maximum absolute atomic E-state index is 2.62. The summed E-state index contributed by atoms with van der Waals surface area (Å²) in [6.07, 6.45) is 9.23. The van der Waals surface area contributed by atoms with E-state index in [1.54, 1.807) is 0 Å². The minimum Gasteiger partial charge on any atom is -0.311 e. The first-order chi connectivity index (χ1) is 20.7. The van der Waals surface area contributed by atoms with E-state index in [4.69, 9.17) is 0 Å². The number of aromatic nitrogens is 1. The summed E-state index contributed by atoms with van der Waals surface area (Å²) in [5, 5.41) is 5.28. The van der Waals surface area contributed by atoms with Crippen LogP contribution in [0.15, 0.2) is 152 Å². The lowest BCUT2D eigenvalue weighted by Gasteiger charge is -2.48. The van der Waals surface area contributed by atoms with Gasteiger partial charge in [0, 0.05) is 33.4 Å². The summed E-state index contributed by atoms with van der Waals surface area (Å²) in [5.74, 6) is 0.205. The SMILES string of the molecule is CC12C(=c3ccccc3=C3C=CC=CC31)n1c(-c3ccccc3)cc(-c3ccccc3)c1-c1ccc3ccccc3c12. The Bertz CT molecular complexity index is 2250. The highest BCUT2D eigenvalue weighted by Crippen LogP contribution is 2.58. The minimum absolute atomic E-state index is 0.205. The fourth-order valence-electron chi connectivity index (χ4n) is 7.99. The average molecular weight is 536 g/mol. The number of hydrogen-bond donors (Lipinski definition) is 0. The van der Waals surface area contributed by atoms with E-state index in [1.807, 2.05) is 0 Å². The Morgan fingerprint density at radius 3 is 2.12 bits per heavy atom. The van der Waals surface area contributed by atoms with Crippen LogP contribution in [0.2, 0.25) is 0 Å². The first-order valence-corrected chi connectivity index (χ1v) is 14.8. The lowest BCUT2D eigenvalue weighted by Crippen LogP contribution is -2.51. The Morgan fingerprint density at radius 2 is 1.31 bits per heavy atom. The van der Waals surface area contributed by atoms with Crippen LogP contribution in [0, 0.1) is 5.92 Å². The van der Waals surface area contributed by atoms with Crippen LogP contribution < -0.4 is 10.4 Å². The highest BCUT2D eigenvalue weighted by molar-refractivity contribution is 6.03. The van der Waals surface area contributed by atoms with Crippen LogP contribution in [0.1, 0.15) is 12.5 Å². The quantitative estimate of drug-likeness (QED) is 0.210. The van der Waals surface area contributed by atoms with Crippen molar-refractivity contribution in [3.63, 3.8) is 0 Å². The van der Waals surface area contributed by atoms with Crippen molar-refractivity contribution in [1.82, 2.24) is 4.57 Å². The van der Waals surface area contributed by atoms with Crippen molar-refractivity contribution in [2.45, 2.75) is 12.3 Å². The van der Waals surface area contributed by atoms with Gasteiger partial charge in [-0.25, -0.2) is 0 Å². The first-order valence-electron chi connectivity index (χ1n) is 14.8. The highest BCUT2D eigenvalue weighted by atomic mass is 15.1. The van der Waals surface area contributed by atoms with E-state index in [1.165, 1.54) is 71.7 Å². The molecule has 9 rings (SSSR count). The van der Waals surface area contributed by atoms with Gasteiger partial charge in [-0.15, -0.1) is 0 Å². The molecule has 1 aromatic heterocycles. The molecule has 1 heteroatoms. The Morgan fingerprint density at radius 1 is 0.619 bits per heavy atom. The molecule has 5 aromatic carbocycles. The van der Waals surface area contributed by atoms with Gasteiger partial charge in [-0.05, 0) is 51.2 Å². The molecular formula is C41H29N. The van der Waals surface area contributed by atoms with Crippen molar-refractivity contribution >= 4 is 22.0 Å². The molecule has 0 fully saturated rings. The van der Waals surface area contributed by atoms with Crippen LogP contribution in [-0.2, 0) is 5.41 Å². The van der Waals surface area contributed by atoms with Crippen LogP contribution in [-0.4, -0.2) is 4.57 Å². The Kier molecular flexibility index (Phi) is 4.87. The summed E-state index contributed by atoms with van der Waals surface area (Å²) in [7, 11) is 0. The van der Waals surface area contributed by atoms with Gasteiger partial charge in [0.1, 0.15) is 0 Å². The molecule has 0 radical (unpaired) electrons. The van der Waals surface area contributed by atoms with E-state index >= 15 is 0 Å². The molecule has 2 aliphatic carbocycles. The second-order valence-corrected chi connectivity index (χ2v) is 11.8. The van der Waals surface area contributed by atoms with Gasteiger partial charge in [-0.1, -0.05) is 146 Å². The van der Waals surface area contributed by atoms with Crippen molar-refractivity contribution in [3.8, 4) is 33.6 Å². The zero-order valence-corrected chi connectivity index (χ0v) is 23.5. The van der Waals surface area contributed by atoms with Crippen molar-refractivity contribution in [1.29, 1.82) is 0 Å². The smallest absolute Gasteiger partial charge is 0.0614 e. The molecule has 198 valence electrons. The third-order valence-corrected chi connectivity index (χ3v) is 9.71. The molecule has 0 saturated heterocycles. The number of rotatable bonds is 2. The van der Waals surface area contributed by atoms with Gasteiger partial charge in [0.15, 0.2) is 0 Å². The van der Waals surface area contributed by atoms with E-state index in [0.29, 0.717) is 0 Å². The van der Waals surface area contributed by atoms with E-state index in [2.05, 4.69) is 163 Å². The molecule has 1 aliphatic heterocycles. The van der Waals surface area contributed by atoms with Crippen molar-refractivity contribution in [2.75, 3.05) is 0 Å². The molecule has 0 bridgehead atoms. The fraction of sp³-hybridized carbons (Fsp3) is 0.0732. The van der Waals surface area contributed by atoms with Crippen LogP contribution in [0.25, 0.3) is 55.7 Å². The predicted octanol–water partition coefficient (Wildman–Crippen LogP) is 8.48. The molecule has 2 unspecified atom stereocenters. The zero-order valence-electron chi connectivity index (χ0n) is 23.5. The monoisotopic (exact) mass is 535 g/mol. The maximum atomic E-state index is 2.62. The molecule has 0 saturated carbocycles. The molecule has 1 nitrogen and oxygen atoms in total. The van der Waals surface area contributed by atoms with Gasteiger partial charge in [0.2, 0.25) is 0 Å². The van der Waals surface area contributed by atoms with Crippen LogP contribution >= 0.6 is 0 Å². The Hall–Kier alpha value is -5.14. The standard InChI is InChI=1S/C41H29N/c1-41-36-23-13-12-21-32(36)31-20-10-11-22-33(31)40(41)42-37(29-17-6-3-7-18-29)26-35(27-14-4-2-5-15-27)39(42)34-25-24-28-16-8-9-19-30(28)38(34)41/h2-26,36H,1H3. The lowest BCUT2D eigenvalue weighted by molar-refractivity contribution is 0.502. The molecule has 0 N–H and O–H groups in total. The van der Waals surface area contributed by atoms with E-state index in [0.717, 1.165) is 0 Å². The predicted molar refractivity (Wildman–Crippen MR) is 175 cm³/mol. The van der Waals surface area contributed by atoms with Gasteiger partial charge in [-0.3, -0.25) is 0 Å². The minimum atomic E-state index is -0.301. The third kappa shape index (κ3) is 3.03. The molecule has 2 atom stereocenters. The molecule has 0 amide bonds. The molecular weight excluding hydrogens is 506 g/mol. The molecule has 6 aromatic rings. The number of allylic oxidation sites excluding steroid dienone is 4. The van der Waals surface area contributed by atoms with Crippen LogP contribution in [0.3, 0.4) is 0 Å². The van der Waals surface area contributed by atoms with Gasteiger partial charge >= 0.3 is 0 Å². The first kappa shape index (κ1) is 23.6. The van der Waals surface area contributed by atoms with E-state index in [9.17, 15) is 0 Å². The maximum Gasteiger partial charge on any atom is 0.0614 e. The van der Waals surface area contributed by atoms with Crippen molar-refractivity contribution in [2.24, 2.45) is 5.92 Å². The summed E-state index contributed by atoms with van der Waals surface area (Å²) in [6, 6.07) is 47.0. The summed E-state index contributed by atoms with van der Waals surface area (Å²) in [4.78, 5) is 0. The summed E-state index contributed by atoms with van der Waals surface area (Å²) in [6.45, 7) is 2.50. The van der Waals surface area contributed by atoms with Gasteiger partial charge in [-0.2, -0.15) is 0 Å². The van der Waals surface area contributed by atoms with Gasteiger partial charge in [0.05, 0.1) is 11.4 Å². The number of fused-ring (bicyclic) bond motifs is 11. The average Bonchev–Trinajstić information content (AvgIpc) is 3.46. The highest BCUT2D eigenvalue weighted by Gasteiger charge is 2.50. The lowest BCUT2D eigenvalue weighted by atomic mass is 9.59. The summed E-state index contributed by atoms with van der Waals surface area (Å²) >= 11 is 0. The van der Waals surface area contributed by atoms with Gasteiger partial charge in [0.25, 0.3) is 0 Å². The van der Waals surface area contributed by atoms with E-state index in [-0.39, 0.29) is 11.3 Å². The normalized spacial score (nSPS) is 19.6. The largest absolute Gasteiger partial charge is 0.311 e. The second kappa shape index (κ2) is 8.68. The van der Waals surface area contributed by atoms with Crippen molar-refractivity contribution in [3.05, 3.63) is 168 Å². The molecule has 3 aliphatic rings. The zero-order chi connectivity index (χ0) is 27.8. The molecule has 0 spiro atoms. The van der Waals surface area contributed by atoms with Crippen LogP contribution in [0.4, 0.5) is 0 Å². The number of benzene rings is 5. The second-order valence-electron chi connectivity index (χ2n) is 11.8. The fourth-order valence-corrected chi connectivity index (χ4v) is 7.99. The Balaban J connectivity index is 1.57. The number of nitrogens with zero attached hydrogens (tertiary/aromatic N) is 1. The topological polar surface area (TPSA) is 4.93 Å². The third-order valence-electron chi connectivity index (χ3n) is 9.71. The Labute approximate surface area is 245 Å². The summed E-state index contributed by atoms with van der Waals surface area (Å²) in [5.41, 5.74) is 11.5. The summed E-state index contributed by atoms with van der Waals surface area (Å²) < 4.78 is 2.62. The van der Waals surface area contributed by atoms with E-state index < -0.39 is 0 Å². The molecule has 2 heterocycles. The van der Waals surface area contributed by atoms with Crippen LogP contribution in [0.5, 0.6) is 0 Å². The van der Waals surface area contributed by atoms with Gasteiger partial charge < -0.3 is 4.57 Å². The molecule has 42 heavy (non-hydrogen) atoms.